The van der Waals surface area contributed by atoms with Crippen LogP contribution in [0.4, 0.5) is 0 Å². The lowest BCUT2D eigenvalue weighted by Crippen LogP contribution is -2.02. The number of rotatable bonds is 6. The van der Waals surface area contributed by atoms with Crippen LogP contribution in [0.2, 0.25) is 5.02 Å². The van der Waals surface area contributed by atoms with E-state index in [1.165, 1.54) is 13.2 Å². The van der Waals surface area contributed by atoms with Gasteiger partial charge in [-0.2, -0.15) is 4.98 Å². The molecule has 0 radical (unpaired) electrons. The van der Waals surface area contributed by atoms with Crippen molar-refractivity contribution in [2.45, 2.75) is 20.0 Å². The molecule has 0 unspecified atom stereocenters. The summed E-state index contributed by atoms with van der Waals surface area (Å²) in [5.41, 5.74) is 0.300. The lowest BCUT2D eigenvalue weighted by molar-refractivity contribution is 0.111. The third-order valence-corrected chi connectivity index (χ3v) is 2.77. The molecule has 0 fully saturated rings. The SMILES string of the molecule is CCc1nc(COc2c(C=O)cc(Cl)cc2OC)no1. The largest absolute Gasteiger partial charge is 0.493 e. The van der Waals surface area contributed by atoms with Gasteiger partial charge in [0.25, 0.3) is 0 Å². The third-order valence-electron chi connectivity index (χ3n) is 2.55. The summed E-state index contributed by atoms with van der Waals surface area (Å²) in [6.07, 6.45) is 1.30. The highest BCUT2D eigenvalue weighted by Crippen LogP contribution is 2.34. The molecular weight excluding hydrogens is 284 g/mol. The van der Waals surface area contributed by atoms with Gasteiger partial charge in [-0.3, -0.25) is 4.79 Å². The van der Waals surface area contributed by atoms with Crippen molar-refractivity contribution in [1.82, 2.24) is 10.1 Å². The van der Waals surface area contributed by atoms with Crippen LogP contribution in [-0.2, 0) is 13.0 Å². The molecule has 7 heteroatoms. The Morgan fingerprint density at radius 3 is 2.85 bits per heavy atom. The van der Waals surface area contributed by atoms with Gasteiger partial charge in [0.05, 0.1) is 12.7 Å². The van der Waals surface area contributed by atoms with Crippen LogP contribution in [0.1, 0.15) is 29.0 Å². The van der Waals surface area contributed by atoms with Crippen molar-refractivity contribution >= 4 is 17.9 Å². The summed E-state index contributed by atoms with van der Waals surface area (Å²) in [6.45, 7) is 1.98. The van der Waals surface area contributed by atoms with E-state index >= 15 is 0 Å². The molecule has 20 heavy (non-hydrogen) atoms. The Balaban J connectivity index is 2.21. The first-order valence-corrected chi connectivity index (χ1v) is 6.32. The van der Waals surface area contributed by atoms with Gasteiger partial charge in [0.15, 0.2) is 24.4 Å². The van der Waals surface area contributed by atoms with Crippen molar-refractivity contribution in [2.75, 3.05) is 7.11 Å². The van der Waals surface area contributed by atoms with Crippen LogP contribution in [0, 0.1) is 0 Å². The van der Waals surface area contributed by atoms with Crippen LogP contribution in [0.3, 0.4) is 0 Å². The lowest BCUT2D eigenvalue weighted by Gasteiger charge is -2.11. The molecule has 1 aromatic heterocycles. The number of aromatic nitrogens is 2. The van der Waals surface area contributed by atoms with Crippen LogP contribution in [0.5, 0.6) is 11.5 Å². The van der Waals surface area contributed by atoms with Gasteiger partial charge in [-0.15, -0.1) is 0 Å². The summed E-state index contributed by atoms with van der Waals surface area (Å²) in [7, 11) is 1.47. The average molecular weight is 297 g/mol. The molecule has 1 aromatic carbocycles. The number of benzene rings is 1. The molecule has 106 valence electrons. The van der Waals surface area contributed by atoms with Gasteiger partial charge in [-0.1, -0.05) is 23.7 Å². The molecule has 0 spiro atoms. The standard InChI is InChI=1S/C13H13ClN2O4/c1-3-12-15-11(16-20-12)7-19-13-8(6-17)4-9(14)5-10(13)18-2/h4-6H,3,7H2,1-2H3. The van der Waals surface area contributed by atoms with Crippen molar-refractivity contribution in [3.63, 3.8) is 0 Å². The first-order chi connectivity index (χ1) is 9.67. The minimum Gasteiger partial charge on any atom is -0.493 e. The second-order valence-electron chi connectivity index (χ2n) is 3.89. The maximum Gasteiger partial charge on any atom is 0.226 e. The fourth-order valence-electron chi connectivity index (χ4n) is 1.61. The van der Waals surface area contributed by atoms with Gasteiger partial charge in [-0.25, -0.2) is 0 Å². The molecule has 0 saturated heterocycles. The van der Waals surface area contributed by atoms with Gasteiger partial charge in [0, 0.05) is 17.5 Å². The maximum absolute atomic E-state index is 11.1. The number of aldehydes is 1. The average Bonchev–Trinajstić information content (AvgIpc) is 2.92. The number of ether oxygens (including phenoxy) is 2. The van der Waals surface area contributed by atoms with Crippen LogP contribution < -0.4 is 9.47 Å². The van der Waals surface area contributed by atoms with E-state index in [-0.39, 0.29) is 6.61 Å². The normalized spacial score (nSPS) is 10.3. The van der Waals surface area contributed by atoms with E-state index in [9.17, 15) is 4.79 Å². The fourth-order valence-corrected chi connectivity index (χ4v) is 1.83. The topological polar surface area (TPSA) is 74.5 Å². The van der Waals surface area contributed by atoms with E-state index in [4.69, 9.17) is 25.6 Å². The van der Waals surface area contributed by atoms with E-state index < -0.39 is 0 Å². The molecule has 0 aliphatic rings. The second kappa shape index (κ2) is 6.38. The molecule has 6 nitrogen and oxygen atoms in total. The molecule has 0 saturated carbocycles. The fraction of sp³-hybridized carbons (Fsp3) is 0.308. The summed E-state index contributed by atoms with van der Waals surface area (Å²) in [5.74, 6) is 1.60. The molecule has 0 atom stereocenters. The number of methoxy groups -OCH3 is 1. The molecule has 1 heterocycles. The van der Waals surface area contributed by atoms with Gasteiger partial charge >= 0.3 is 0 Å². The van der Waals surface area contributed by atoms with E-state index in [1.54, 1.807) is 6.07 Å². The zero-order chi connectivity index (χ0) is 14.5. The van der Waals surface area contributed by atoms with E-state index in [0.29, 0.717) is 46.5 Å². The molecule has 0 amide bonds. The highest BCUT2D eigenvalue weighted by molar-refractivity contribution is 6.31. The minimum absolute atomic E-state index is 0.0718. The van der Waals surface area contributed by atoms with Crippen LogP contribution in [0.15, 0.2) is 16.7 Å². The first-order valence-electron chi connectivity index (χ1n) is 5.94. The zero-order valence-electron chi connectivity index (χ0n) is 11.1. The van der Waals surface area contributed by atoms with Crippen molar-refractivity contribution in [3.8, 4) is 11.5 Å². The Bertz CT molecular complexity index is 612. The predicted octanol–water partition coefficient (Wildman–Crippen LogP) is 2.69. The summed E-state index contributed by atoms with van der Waals surface area (Å²) in [5, 5.41) is 4.16. The first kappa shape index (κ1) is 14.3. The lowest BCUT2D eigenvalue weighted by atomic mass is 10.2. The van der Waals surface area contributed by atoms with E-state index in [1.807, 2.05) is 6.92 Å². The monoisotopic (exact) mass is 296 g/mol. The van der Waals surface area contributed by atoms with Crippen molar-refractivity contribution in [2.24, 2.45) is 0 Å². The van der Waals surface area contributed by atoms with Crippen molar-refractivity contribution < 1.29 is 18.8 Å². The van der Waals surface area contributed by atoms with Crippen molar-refractivity contribution in [1.29, 1.82) is 0 Å². The molecule has 0 aliphatic heterocycles. The maximum atomic E-state index is 11.1. The Labute approximate surface area is 120 Å². The Morgan fingerprint density at radius 1 is 1.45 bits per heavy atom. The van der Waals surface area contributed by atoms with Crippen LogP contribution >= 0.6 is 11.6 Å². The summed E-state index contributed by atoms with van der Waals surface area (Å²) in [6, 6.07) is 3.07. The number of aryl methyl sites for hydroxylation is 1. The highest BCUT2D eigenvalue weighted by atomic mass is 35.5. The second-order valence-corrected chi connectivity index (χ2v) is 4.33. The Hall–Kier alpha value is -2.08. The Kier molecular flexibility index (Phi) is 4.57. The smallest absolute Gasteiger partial charge is 0.226 e. The third kappa shape index (κ3) is 3.08. The minimum atomic E-state index is 0.0718. The van der Waals surface area contributed by atoms with Crippen molar-refractivity contribution in [3.05, 3.63) is 34.4 Å². The number of carbonyl (C=O) groups is 1. The molecule has 0 aliphatic carbocycles. The summed E-state index contributed by atoms with van der Waals surface area (Å²) in [4.78, 5) is 15.2. The van der Waals surface area contributed by atoms with Gasteiger partial charge in [0.1, 0.15) is 0 Å². The van der Waals surface area contributed by atoms with E-state index in [2.05, 4.69) is 10.1 Å². The molecule has 0 bridgehead atoms. The molecular formula is C13H13ClN2O4. The molecule has 2 rings (SSSR count). The quantitative estimate of drug-likeness (QED) is 0.763. The van der Waals surface area contributed by atoms with E-state index in [0.717, 1.165) is 0 Å². The predicted molar refractivity (Wildman–Crippen MR) is 71.4 cm³/mol. The number of nitrogens with zero attached hydrogens (tertiary/aromatic N) is 2. The molecule has 0 N–H and O–H groups in total. The molecule has 2 aromatic rings. The Morgan fingerprint density at radius 2 is 2.25 bits per heavy atom. The van der Waals surface area contributed by atoms with Gasteiger partial charge in [0.2, 0.25) is 11.7 Å². The number of carbonyl (C=O) groups excluding carboxylic acids is 1. The van der Waals surface area contributed by atoms with Gasteiger partial charge < -0.3 is 14.0 Å². The van der Waals surface area contributed by atoms with Crippen LogP contribution in [-0.4, -0.2) is 23.5 Å². The van der Waals surface area contributed by atoms with Gasteiger partial charge in [-0.05, 0) is 6.07 Å². The summed E-state index contributed by atoms with van der Waals surface area (Å²) < 4.78 is 15.7. The number of halogens is 1. The number of hydrogen-bond acceptors (Lipinski definition) is 6. The van der Waals surface area contributed by atoms with Crippen LogP contribution in [0.25, 0.3) is 0 Å². The number of hydrogen-bond donors (Lipinski definition) is 0. The zero-order valence-corrected chi connectivity index (χ0v) is 11.8. The summed E-state index contributed by atoms with van der Waals surface area (Å²) >= 11 is 5.88. The highest BCUT2D eigenvalue weighted by Gasteiger charge is 2.14.